The van der Waals surface area contributed by atoms with Gasteiger partial charge in [-0.05, 0) is 17.7 Å². The van der Waals surface area contributed by atoms with Crippen LogP contribution in [-0.4, -0.2) is 20.0 Å². The highest BCUT2D eigenvalue weighted by atomic mass is 16.5. The lowest BCUT2D eigenvalue weighted by atomic mass is 10.1. The fraction of sp³-hybridized carbons (Fsp3) is 0.350. The topological polar surface area (TPSA) is 44.8 Å². The first-order chi connectivity index (χ1) is 11.7. The van der Waals surface area contributed by atoms with Crippen LogP contribution >= 0.6 is 0 Å². The van der Waals surface area contributed by atoms with E-state index in [1.165, 1.54) is 0 Å². The van der Waals surface area contributed by atoms with Crippen LogP contribution in [0.15, 0.2) is 42.5 Å². The van der Waals surface area contributed by atoms with Gasteiger partial charge in [0, 0.05) is 12.0 Å². The Morgan fingerprint density at radius 3 is 1.96 bits per heavy atom. The Morgan fingerprint density at radius 1 is 0.958 bits per heavy atom. The fourth-order valence-electron chi connectivity index (χ4n) is 2.12. The molecular weight excluding hydrogens is 304 g/mol. The molecule has 0 unspecified atom stereocenters. The lowest BCUT2D eigenvalue weighted by molar-refractivity contribution is 0.0987. The van der Waals surface area contributed by atoms with Crippen molar-refractivity contribution in [2.45, 2.75) is 33.8 Å². The summed E-state index contributed by atoms with van der Waals surface area (Å²) < 4.78 is 16.6. The monoisotopic (exact) mass is 330 g/mol. The Kier molecular flexibility index (Phi) is 8.41. The van der Waals surface area contributed by atoms with E-state index >= 15 is 0 Å². The van der Waals surface area contributed by atoms with Crippen molar-refractivity contribution in [2.24, 2.45) is 0 Å². The highest BCUT2D eigenvalue weighted by molar-refractivity contribution is 5.97. The van der Waals surface area contributed by atoms with E-state index < -0.39 is 0 Å². The number of carbonyl (C=O) groups is 1. The predicted molar refractivity (Wildman–Crippen MR) is 96.3 cm³/mol. The second kappa shape index (κ2) is 10.3. The molecule has 0 N–H and O–H groups in total. The van der Waals surface area contributed by atoms with Crippen LogP contribution in [0.1, 0.15) is 43.1 Å². The van der Waals surface area contributed by atoms with Crippen molar-refractivity contribution in [3.05, 3.63) is 53.6 Å². The van der Waals surface area contributed by atoms with Crippen LogP contribution in [0.5, 0.6) is 17.2 Å². The molecule has 0 aliphatic heterocycles. The first kappa shape index (κ1) is 19.6. The predicted octanol–water partition coefficient (Wildman–Crippen LogP) is 4.90. The smallest absolute Gasteiger partial charge is 0.203 e. The zero-order valence-corrected chi connectivity index (χ0v) is 15.1. The van der Waals surface area contributed by atoms with Crippen molar-refractivity contribution < 1.29 is 19.0 Å². The third-order valence-corrected chi connectivity index (χ3v) is 3.33. The van der Waals surface area contributed by atoms with Gasteiger partial charge in [0.05, 0.1) is 14.2 Å². The quantitative estimate of drug-likeness (QED) is 0.677. The van der Waals surface area contributed by atoms with E-state index in [9.17, 15) is 4.79 Å². The van der Waals surface area contributed by atoms with E-state index in [4.69, 9.17) is 14.2 Å². The average molecular weight is 330 g/mol. The van der Waals surface area contributed by atoms with E-state index in [0.717, 1.165) is 5.56 Å². The second-order valence-corrected chi connectivity index (χ2v) is 4.76. The molecule has 0 aromatic heterocycles. The van der Waals surface area contributed by atoms with Gasteiger partial charge in [-0.15, -0.1) is 0 Å². The van der Waals surface area contributed by atoms with Crippen molar-refractivity contribution in [3.8, 4) is 17.2 Å². The van der Waals surface area contributed by atoms with Gasteiger partial charge >= 0.3 is 0 Å². The van der Waals surface area contributed by atoms with Crippen molar-refractivity contribution >= 4 is 5.78 Å². The van der Waals surface area contributed by atoms with Crippen molar-refractivity contribution in [3.63, 3.8) is 0 Å². The molecule has 0 saturated heterocycles. The van der Waals surface area contributed by atoms with Crippen molar-refractivity contribution in [1.29, 1.82) is 0 Å². The molecule has 0 amide bonds. The molecule has 24 heavy (non-hydrogen) atoms. The molecule has 4 nitrogen and oxygen atoms in total. The maximum Gasteiger partial charge on any atom is 0.203 e. The molecule has 0 radical (unpaired) electrons. The second-order valence-electron chi connectivity index (χ2n) is 4.76. The van der Waals surface area contributed by atoms with Crippen LogP contribution in [0.2, 0.25) is 0 Å². The summed E-state index contributed by atoms with van der Waals surface area (Å²) in [6.45, 7) is 6.22. The van der Waals surface area contributed by atoms with Crippen LogP contribution < -0.4 is 14.2 Å². The normalized spacial score (nSPS) is 9.54. The molecular formula is C20H26O4. The van der Waals surface area contributed by atoms with Gasteiger partial charge in [0.25, 0.3) is 0 Å². The molecule has 0 bridgehead atoms. The molecule has 0 spiro atoms. The largest absolute Gasteiger partial charge is 0.493 e. The van der Waals surface area contributed by atoms with E-state index in [2.05, 4.69) is 0 Å². The number of carbonyl (C=O) groups excluding carboxylic acids is 1. The minimum atomic E-state index is 0.0335. The summed E-state index contributed by atoms with van der Waals surface area (Å²) in [5.41, 5.74) is 1.60. The molecule has 2 aromatic carbocycles. The van der Waals surface area contributed by atoms with Gasteiger partial charge in [0.1, 0.15) is 6.61 Å². The zero-order chi connectivity index (χ0) is 17.9. The van der Waals surface area contributed by atoms with E-state index in [1.807, 2.05) is 51.1 Å². The minimum absolute atomic E-state index is 0.0335. The van der Waals surface area contributed by atoms with Gasteiger partial charge in [0.15, 0.2) is 17.3 Å². The Labute approximate surface area is 144 Å². The highest BCUT2D eigenvalue weighted by Crippen LogP contribution is 2.39. The molecule has 0 fully saturated rings. The van der Waals surface area contributed by atoms with Gasteiger partial charge in [-0.1, -0.05) is 51.1 Å². The summed E-state index contributed by atoms with van der Waals surface area (Å²) in [4.78, 5) is 11.9. The van der Waals surface area contributed by atoms with E-state index in [1.54, 1.807) is 26.4 Å². The Balaban J connectivity index is 0.00000139. The number of rotatable bonds is 7. The van der Waals surface area contributed by atoms with Gasteiger partial charge in [-0.3, -0.25) is 4.79 Å². The number of hydrogen-bond donors (Lipinski definition) is 0. The van der Waals surface area contributed by atoms with Crippen molar-refractivity contribution in [2.75, 3.05) is 14.2 Å². The molecule has 130 valence electrons. The number of Topliss-reactive ketones (excluding diaryl/α,β-unsaturated/α-hetero) is 1. The standard InChI is InChI=1S/C18H20O4.C2H6/c1-4-15(19)14-10-16(20-2)18(17(11-14)21-3)22-12-13-8-6-5-7-9-13;1-2/h5-11H,4,12H2,1-3H3;1-2H3. The fourth-order valence-corrected chi connectivity index (χ4v) is 2.12. The third kappa shape index (κ3) is 5.01. The third-order valence-electron chi connectivity index (χ3n) is 3.33. The minimum Gasteiger partial charge on any atom is -0.493 e. The Hall–Kier alpha value is -2.49. The first-order valence-electron chi connectivity index (χ1n) is 8.15. The summed E-state index contributed by atoms with van der Waals surface area (Å²) in [5.74, 6) is 1.52. The number of ketones is 1. The SMILES string of the molecule is CC.CCC(=O)c1cc(OC)c(OCc2ccccc2)c(OC)c1. The number of methoxy groups -OCH3 is 2. The summed E-state index contributed by atoms with van der Waals surface area (Å²) in [6, 6.07) is 13.2. The molecule has 0 aliphatic rings. The molecule has 0 atom stereocenters. The molecule has 2 rings (SSSR count). The Bertz CT molecular complexity index is 610. The van der Waals surface area contributed by atoms with Crippen LogP contribution in [0, 0.1) is 0 Å². The average Bonchev–Trinajstić information content (AvgIpc) is 2.67. The molecule has 0 heterocycles. The molecule has 0 saturated carbocycles. The van der Waals surface area contributed by atoms with Gasteiger partial charge < -0.3 is 14.2 Å². The van der Waals surface area contributed by atoms with Gasteiger partial charge in [-0.25, -0.2) is 0 Å². The Morgan fingerprint density at radius 2 is 1.50 bits per heavy atom. The molecule has 2 aromatic rings. The van der Waals surface area contributed by atoms with Crippen LogP contribution in [0.4, 0.5) is 0 Å². The lowest BCUT2D eigenvalue weighted by Gasteiger charge is -2.15. The zero-order valence-electron chi connectivity index (χ0n) is 15.1. The van der Waals surface area contributed by atoms with E-state index in [-0.39, 0.29) is 5.78 Å². The highest BCUT2D eigenvalue weighted by Gasteiger charge is 2.17. The van der Waals surface area contributed by atoms with Crippen LogP contribution in [-0.2, 0) is 6.61 Å². The first-order valence-corrected chi connectivity index (χ1v) is 8.15. The van der Waals surface area contributed by atoms with Crippen molar-refractivity contribution in [1.82, 2.24) is 0 Å². The summed E-state index contributed by atoms with van der Waals surface area (Å²) in [5, 5.41) is 0. The van der Waals surface area contributed by atoms with Crippen LogP contribution in [0.25, 0.3) is 0 Å². The van der Waals surface area contributed by atoms with Crippen LogP contribution in [0.3, 0.4) is 0 Å². The van der Waals surface area contributed by atoms with Gasteiger partial charge in [0.2, 0.25) is 5.75 Å². The number of benzene rings is 2. The molecule has 0 aliphatic carbocycles. The van der Waals surface area contributed by atoms with Gasteiger partial charge in [-0.2, -0.15) is 0 Å². The number of hydrogen-bond acceptors (Lipinski definition) is 4. The van der Waals surface area contributed by atoms with E-state index in [0.29, 0.717) is 35.8 Å². The summed E-state index contributed by atoms with van der Waals surface area (Å²) in [7, 11) is 3.09. The maximum atomic E-state index is 11.9. The summed E-state index contributed by atoms with van der Waals surface area (Å²) >= 11 is 0. The summed E-state index contributed by atoms with van der Waals surface area (Å²) in [6.07, 6.45) is 0.427. The molecule has 4 heteroatoms. The lowest BCUT2D eigenvalue weighted by Crippen LogP contribution is -2.03. The maximum absolute atomic E-state index is 11.9. The number of ether oxygens (including phenoxy) is 3.